The van der Waals surface area contributed by atoms with Crippen molar-refractivity contribution in [2.24, 2.45) is 0 Å². The maximum Gasteiger partial charge on any atom is 0.292 e. The number of hydrogen-bond acceptors (Lipinski definition) is 6. The molecule has 0 N–H and O–H groups in total. The molecule has 0 fully saturated rings. The molecule has 0 atom stereocenters. The first-order chi connectivity index (χ1) is 11.8. The summed E-state index contributed by atoms with van der Waals surface area (Å²) in [6, 6.07) is 5.38. The van der Waals surface area contributed by atoms with Gasteiger partial charge in [0, 0.05) is 0 Å². The molecule has 0 heterocycles. The van der Waals surface area contributed by atoms with E-state index in [0.717, 1.165) is 0 Å². The molecule has 128 valence electrons. The zero-order valence-corrected chi connectivity index (χ0v) is 18.9. The Morgan fingerprint density at radius 3 is 1.72 bits per heavy atom. The van der Waals surface area contributed by atoms with E-state index in [1.54, 1.807) is 0 Å². The third kappa shape index (κ3) is 3.86. The molecule has 2 aromatic carbocycles. The Morgan fingerprint density at radius 2 is 1.28 bits per heavy atom. The van der Waals surface area contributed by atoms with Gasteiger partial charge in [0.15, 0.2) is 5.75 Å². The number of ether oxygens (including phenoxy) is 2. The van der Waals surface area contributed by atoms with E-state index in [4.69, 9.17) is 15.3 Å². The van der Waals surface area contributed by atoms with Crippen molar-refractivity contribution in [3.8, 4) is 24.0 Å². The van der Waals surface area contributed by atoms with Gasteiger partial charge in [-0.1, -0.05) is 0 Å². The summed E-state index contributed by atoms with van der Waals surface area (Å²) in [5.41, 5.74) is 0. The first-order valence-electron chi connectivity index (χ1n) is 6.08. The molecule has 0 aliphatic heterocycles. The third-order valence-corrected chi connectivity index (χ3v) is 9.42. The molecule has 11 heteroatoms. The van der Waals surface area contributed by atoms with Crippen molar-refractivity contribution < 1.29 is 17.9 Å². The van der Waals surface area contributed by atoms with Crippen molar-refractivity contribution in [3.05, 3.63) is 42.2 Å². The molecule has 0 saturated carbocycles. The minimum atomic E-state index is -3.94. The molecule has 0 aliphatic carbocycles. The fraction of sp³-hybridized carbons (Fsp3) is 0. The fourth-order valence-electron chi connectivity index (χ4n) is 1.82. The van der Waals surface area contributed by atoms with Crippen molar-refractivity contribution in [2.75, 3.05) is 0 Å². The molecule has 0 amide bonds. The van der Waals surface area contributed by atoms with Crippen LogP contribution in [0.4, 0.5) is 0 Å². The number of rotatable bonds is 4. The highest BCUT2D eigenvalue weighted by atomic mass is 79.9. The van der Waals surface area contributed by atoms with Gasteiger partial charge in [-0.05, 0) is 88.0 Å². The lowest BCUT2D eigenvalue weighted by Gasteiger charge is -2.15. The second-order valence-corrected chi connectivity index (χ2v) is 9.33. The topological polar surface area (TPSA) is 100 Å². The van der Waals surface area contributed by atoms with Gasteiger partial charge in [-0.2, -0.15) is 0 Å². The summed E-state index contributed by atoms with van der Waals surface area (Å²) >= 11 is 12.9. The molecule has 2 rings (SSSR count). The maximum absolute atomic E-state index is 13.0. The summed E-state index contributed by atoms with van der Waals surface area (Å²) in [5.74, 6) is 0.345. The summed E-state index contributed by atoms with van der Waals surface area (Å²) in [6.45, 7) is 0. The van der Waals surface area contributed by atoms with Crippen LogP contribution in [0.3, 0.4) is 0 Å². The summed E-state index contributed by atoms with van der Waals surface area (Å²) in [4.78, 5) is -0.0718. The van der Waals surface area contributed by atoms with Crippen molar-refractivity contribution in [1.29, 1.82) is 10.5 Å². The first-order valence-corrected chi connectivity index (χ1v) is 10.7. The number of halogens is 4. The second kappa shape index (κ2) is 8.06. The quantitative estimate of drug-likeness (QED) is 0.342. The Labute approximate surface area is 176 Å². The predicted octanol–water partition coefficient (Wildman–Crippen LogP) is 5.29. The third-order valence-electron chi connectivity index (χ3n) is 2.90. The number of sulfone groups is 1. The van der Waals surface area contributed by atoms with E-state index in [1.807, 2.05) is 0 Å². The van der Waals surface area contributed by atoms with Crippen LogP contribution in [0.15, 0.2) is 51.9 Å². The standard InChI is InChI=1S/C14H4Br4N2O4S/c15-9-11(17)14(12(18)10(16)13(9)24-6-20)25(21,22)8-3-1-7(2-4-8)23-5-19/h1-4H. The van der Waals surface area contributed by atoms with Crippen LogP contribution in [0.2, 0.25) is 0 Å². The predicted molar refractivity (Wildman–Crippen MR) is 102 cm³/mol. The van der Waals surface area contributed by atoms with E-state index in [-0.39, 0.29) is 39.2 Å². The highest BCUT2D eigenvalue weighted by Gasteiger charge is 2.30. The van der Waals surface area contributed by atoms with Gasteiger partial charge >= 0.3 is 0 Å². The fourth-order valence-corrected chi connectivity index (χ4v) is 7.01. The largest absolute Gasteiger partial charge is 0.388 e. The molecule has 0 bridgehead atoms. The van der Waals surface area contributed by atoms with Crippen LogP contribution in [0.1, 0.15) is 0 Å². The minimum Gasteiger partial charge on any atom is -0.388 e. The van der Waals surface area contributed by atoms with Crippen LogP contribution in [0.25, 0.3) is 0 Å². The molecule has 25 heavy (non-hydrogen) atoms. The van der Waals surface area contributed by atoms with Crippen molar-refractivity contribution >= 4 is 73.6 Å². The normalized spacial score (nSPS) is 10.6. The molecule has 0 spiro atoms. The summed E-state index contributed by atoms with van der Waals surface area (Å²) < 4.78 is 36.4. The van der Waals surface area contributed by atoms with Gasteiger partial charge in [0.25, 0.3) is 12.5 Å². The van der Waals surface area contributed by atoms with Crippen LogP contribution in [0.5, 0.6) is 11.5 Å². The average Bonchev–Trinajstić information content (AvgIpc) is 2.58. The Bertz CT molecular complexity index is 996. The Kier molecular flexibility index (Phi) is 6.51. The van der Waals surface area contributed by atoms with E-state index in [0.29, 0.717) is 0 Å². The Hall–Kier alpha value is -1.11. The van der Waals surface area contributed by atoms with E-state index < -0.39 is 9.84 Å². The van der Waals surface area contributed by atoms with Crippen LogP contribution in [-0.2, 0) is 9.84 Å². The van der Waals surface area contributed by atoms with Crippen LogP contribution >= 0.6 is 63.7 Å². The number of hydrogen-bond donors (Lipinski definition) is 0. The van der Waals surface area contributed by atoms with Gasteiger partial charge in [0.2, 0.25) is 9.84 Å². The zero-order chi connectivity index (χ0) is 18.8. The van der Waals surface area contributed by atoms with E-state index >= 15 is 0 Å². The summed E-state index contributed by atoms with van der Waals surface area (Å²) in [5, 5.41) is 17.2. The molecule has 0 unspecified atom stereocenters. The molecular weight excluding hydrogens is 612 g/mol. The van der Waals surface area contributed by atoms with Crippen LogP contribution in [0, 0.1) is 23.0 Å². The highest BCUT2D eigenvalue weighted by molar-refractivity contribution is 9.14. The molecule has 0 radical (unpaired) electrons. The maximum atomic E-state index is 13.0. The smallest absolute Gasteiger partial charge is 0.292 e. The van der Waals surface area contributed by atoms with Crippen molar-refractivity contribution in [2.45, 2.75) is 9.79 Å². The molecule has 0 saturated heterocycles. The van der Waals surface area contributed by atoms with Crippen LogP contribution < -0.4 is 9.47 Å². The average molecular weight is 616 g/mol. The van der Waals surface area contributed by atoms with Gasteiger partial charge in [0.1, 0.15) is 10.6 Å². The molecular formula is C14H4Br4N2O4S. The van der Waals surface area contributed by atoms with Crippen molar-refractivity contribution in [1.82, 2.24) is 0 Å². The van der Waals surface area contributed by atoms with Gasteiger partial charge in [-0.25, -0.2) is 8.42 Å². The highest BCUT2D eigenvalue weighted by Crippen LogP contribution is 2.49. The van der Waals surface area contributed by atoms with Gasteiger partial charge < -0.3 is 9.47 Å². The van der Waals surface area contributed by atoms with Gasteiger partial charge in [-0.15, -0.1) is 10.5 Å². The van der Waals surface area contributed by atoms with E-state index in [1.165, 1.54) is 36.8 Å². The van der Waals surface area contributed by atoms with E-state index in [9.17, 15) is 8.42 Å². The second-order valence-electron chi connectivity index (χ2n) is 4.28. The number of nitrogens with zero attached hydrogens (tertiary/aromatic N) is 2. The lowest BCUT2D eigenvalue weighted by atomic mass is 10.3. The number of benzene rings is 2. The Balaban J connectivity index is 2.68. The first kappa shape index (κ1) is 20.2. The van der Waals surface area contributed by atoms with Gasteiger partial charge in [-0.3, -0.25) is 0 Å². The lowest BCUT2D eigenvalue weighted by Crippen LogP contribution is -2.06. The zero-order valence-electron chi connectivity index (χ0n) is 11.8. The summed E-state index contributed by atoms with van der Waals surface area (Å²) in [6.07, 6.45) is 3.04. The summed E-state index contributed by atoms with van der Waals surface area (Å²) in [7, 11) is -3.94. The molecule has 0 aromatic heterocycles. The van der Waals surface area contributed by atoms with Crippen LogP contribution in [-0.4, -0.2) is 8.42 Å². The lowest BCUT2D eigenvalue weighted by molar-refractivity contribution is 0.498. The SMILES string of the molecule is N#COc1ccc(S(=O)(=O)c2c(Br)c(Br)c(OC#N)c(Br)c2Br)cc1. The number of nitriles is 2. The Morgan fingerprint density at radius 1 is 0.800 bits per heavy atom. The minimum absolute atomic E-state index is 0.00746. The molecule has 6 nitrogen and oxygen atoms in total. The van der Waals surface area contributed by atoms with Gasteiger partial charge in [0.05, 0.1) is 22.8 Å². The molecule has 0 aliphatic rings. The van der Waals surface area contributed by atoms with E-state index in [2.05, 4.69) is 68.5 Å². The molecule has 2 aromatic rings. The van der Waals surface area contributed by atoms with Crippen molar-refractivity contribution in [3.63, 3.8) is 0 Å². The monoisotopic (exact) mass is 612 g/mol.